The Bertz CT molecular complexity index is 619. The summed E-state index contributed by atoms with van der Waals surface area (Å²) in [5.41, 5.74) is 6.32. The van der Waals surface area contributed by atoms with Gasteiger partial charge in [-0.1, -0.05) is 29.8 Å². The number of anilines is 1. The molecule has 0 bridgehead atoms. The van der Waals surface area contributed by atoms with Gasteiger partial charge in [-0.15, -0.1) is 0 Å². The highest BCUT2D eigenvalue weighted by atomic mass is 16.5. The van der Waals surface area contributed by atoms with E-state index in [1.54, 1.807) is 0 Å². The van der Waals surface area contributed by atoms with Crippen molar-refractivity contribution in [1.82, 2.24) is 0 Å². The lowest BCUT2D eigenvalue weighted by molar-refractivity contribution is 0.287. The smallest absolute Gasteiger partial charge is 0.161 e. The Balaban J connectivity index is 1.94. The van der Waals surface area contributed by atoms with Gasteiger partial charge in [-0.05, 0) is 44.0 Å². The first-order valence-electron chi connectivity index (χ1n) is 6.68. The predicted molar refractivity (Wildman–Crippen MR) is 78.8 cm³/mol. The van der Waals surface area contributed by atoms with Gasteiger partial charge in [0.25, 0.3) is 0 Å². The van der Waals surface area contributed by atoms with E-state index < -0.39 is 0 Å². The maximum atomic E-state index is 5.94. The van der Waals surface area contributed by atoms with Gasteiger partial charge in [0.1, 0.15) is 5.75 Å². The van der Waals surface area contributed by atoms with Crippen LogP contribution in [-0.2, 0) is 6.54 Å². The molecule has 2 heteroatoms. The number of nitrogens with zero attached hydrogens (tertiary/aromatic N) is 1. The van der Waals surface area contributed by atoms with Gasteiger partial charge < -0.3 is 9.64 Å². The number of ether oxygens (including phenoxy) is 1. The summed E-state index contributed by atoms with van der Waals surface area (Å²) in [7, 11) is 0. The van der Waals surface area contributed by atoms with Crippen LogP contribution in [0.1, 0.15) is 22.3 Å². The lowest BCUT2D eigenvalue weighted by Gasteiger charge is -2.32. The van der Waals surface area contributed by atoms with Crippen LogP contribution in [0.3, 0.4) is 0 Å². The van der Waals surface area contributed by atoms with Crippen LogP contribution in [-0.4, -0.2) is 6.73 Å². The number of hydrogen-bond donors (Lipinski definition) is 0. The molecular formula is C17H19NO. The normalized spacial score (nSPS) is 13.9. The zero-order valence-electron chi connectivity index (χ0n) is 11.7. The van der Waals surface area contributed by atoms with Gasteiger partial charge >= 0.3 is 0 Å². The van der Waals surface area contributed by atoms with E-state index in [0.717, 1.165) is 12.3 Å². The first-order chi connectivity index (χ1) is 9.13. The van der Waals surface area contributed by atoms with Crippen LogP contribution in [0.15, 0.2) is 36.4 Å². The van der Waals surface area contributed by atoms with E-state index in [4.69, 9.17) is 4.74 Å². The van der Waals surface area contributed by atoms with Gasteiger partial charge in [0.05, 0.1) is 0 Å². The molecule has 0 fully saturated rings. The van der Waals surface area contributed by atoms with Crippen molar-refractivity contribution >= 4 is 5.69 Å². The molecule has 0 radical (unpaired) electrons. The van der Waals surface area contributed by atoms with Gasteiger partial charge in [0.15, 0.2) is 6.73 Å². The summed E-state index contributed by atoms with van der Waals surface area (Å²) in [6.07, 6.45) is 0. The van der Waals surface area contributed by atoms with Crippen molar-refractivity contribution in [3.8, 4) is 5.75 Å². The van der Waals surface area contributed by atoms with E-state index >= 15 is 0 Å². The molecule has 0 aromatic heterocycles. The third kappa shape index (κ3) is 2.30. The molecule has 0 spiro atoms. The third-order valence-electron chi connectivity index (χ3n) is 3.59. The van der Waals surface area contributed by atoms with Gasteiger partial charge in [-0.2, -0.15) is 0 Å². The molecule has 2 aromatic rings. The molecule has 3 rings (SSSR count). The van der Waals surface area contributed by atoms with Gasteiger partial charge in [0, 0.05) is 17.8 Å². The van der Waals surface area contributed by atoms with Crippen LogP contribution in [0.4, 0.5) is 5.69 Å². The number of aryl methyl sites for hydroxylation is 3. The first kappa shape index (κ1) is 12.1. The molecular weight excluding hydrogens is 234 g/mol. The summed E-state index contributed by atoms with van der Waals surface area (Å²) in [6, 6.07) is 13.0. The molecule has 2 aromatic carbocycles. The Morgan fingerprint density at radius 1 is 1.00 bits per heavy atom. The molecule has 0 N–H and O–H groups in total. The number of rotatable bonds is 1. The second kappa shape index (κ2) is 4.61. The highest BCUT2D eigenvalue weighted by Crippen LogP contribution is 2.32. The van der Waals surface area contributed by atoms with Crippen LogP contribution in [0.25, 0.3) is 0 Å². The lowest BCUT2D eigenvalue weighted by Crippen LogP contribution is -2.32. The van der Waals surface area contributed by atoms with Crippen molar-refractivity contribution in [2.75, 3.05) is 11.6 Å². The molecule has 0 unspecified atom stereocenters. The molecule has 2 nitrogen and oxygen atoms in total. The molecule has 1 heterocycles. The number of fused-ring (bicyclic) bond motifs is 1. The molecule has 1 aliphatic rings. The average Bonchev–Trinajstić information content (AvgIpc) is 2.37. The Morgan fingerprint density at radius 3 is 2.63 bits per heavy atom. The zero-order chi connectivity index (χ0) is 13.4. The van der Waals surface area contributed by atoms with Crippen molar-refractivity contribution in [3.05, 3.63) is 58.7 Å². The zero-order valence-corrected chi connectivity index (χ0v) is 11.7. The van der Waals surface area contributed by atoms with Crippen molar-refractivity contribution in [2.24, 2.45) is 0 Å². The third-order valence-corrected chi connectivity index (χ3v) is 3.59. The Labute approximate surface area is 114 Å². The fourth-order valence-corrected chi connectivity index (χ4v) is 2.75. The summed E-state index contributed by atoms with van der Waals surface area (Å²) in [6.45, 7) is 7.92. The molecule has 0 atom stereocenters. The highest BCUT2D eigenvalue weighted by Gasteiger charge is 2.19. The highest BCUT2D eigenvalue weighted by molar-refractivity contribution is 5.53. The van der Waals surface area contributed by atoms with E-state index in [1.165, 1.54) is 27.9 Å². The van der Waals surface area contributed by atoms with Crippen molar-refractivity contribution in [1.29, 1.82) is 0 Å². The minimum atomic E-state index is 0.625. The molecule has 1 aliphatic heterocycles. The second-order valence-electron chi connectivity index (χ2n) is 5.38. The fourth-order valence-electron chi connectivity index (χ4n) is 2.75. The SMILES string of the molecule is Cc1cccc(N2COc3c(C)cc(C)cc3C2)c1. The Kier molecular flexibility index (Phi) is 2.94. The summed E-state index contributed by atoms with van der Waals surface area (Å²) in [4.78, 5) is 2.27. The summed E-state index contributed by atoms with van der Waals surface area (Å²) in [5.74, 6) is 1.06. The Hall–Kier alpha value is -1.96. The number of hydrogen-bond acceptors (Lipinski definition) is 2. The molecule has 0 saturated heterocycles. The van der Waals surface area contributed by atoms with E-state index in [1.807, 2.05) is 0 Å². The largest absolute Gasteiger partial charge is 0.472 e. The monoisotopic (exact) mass is 253 g/mol. The van der Waals surface area contributed by atoms with Crippen LogP contribution in [0.2, 0.25) is 0 Å². The van der Waals surface area contributed by atoms with E-state index in [9.17, 15) is 0 Å². The second-order valence-corrected chi connectivity index (χ2v) is 5.38. The van der Waals surface area contributed by atoms with Gasteiger partial charge in [0.2, 0.25) is 0 Å². The minimum absolute atomic E-state index is 0.625. The first-order valence-corrected chi connectivity index (χ1v) is 6.68. The topological polar surface area (TPSA) is 12.5 Å². The van der Waals surface area contributed by atoms with Crippen molar-refractivity contribution in [2.45, 2.75) is 27.3 Å². The Morgan fingerprint density at radius 2 is 1.84 bits per heavy atom. The fraction of sp³-hybridized carbons (Fsp3) is 0.294. The van der Waals surface area contributed by atoms with Gasteiger partial charge in [-0.25, -0.2) is 0 Å². The van der Waals surface area contributed by atoms with E-state index in [2.05, 4.69) is 62.1 Å². The van der Waals surface area contributed by atoms with Crippen LogP contribution in [0, 0.1) is 20.8 Å². The van der Waals surface area contributed by atoms with Crippen LogP contribution >= 0.6 is 0 Å². The van der Waals surface area contributed by atoms with E-state index in [0.29, 0.717) is 6.73 Å². The maximum Gasteiger partial charge on any atom is 0.161 e. The number of benzene rings is 2. The molecule has 0 amide bonds. The predicted octanol–water partition coefficient (Wildman–Crippen LogP) is 3.97. The van der Waals surface area contributed by atoms with Crippen molar-refractivity contribution in [3.63, 3.8) is 0 Å². The maximum absolute atomic E-state index is 5.94. The molecule has 98 valence electrons. The summed E-state index contributed by atoms with van der Waals surface area (Å²) in [5, 5.41) is 0. The standard InChI is InChI=1S/C17H19NO/c1-12-5-4-6-16(9-12)18-10-15-8-13(2)7-14(3)17(15)19-11-18/h4-9H,10-11H2,1-3H3. The van der Waals surface area contributed by atoms with Crippen molar-refractivity contribution < 1.29 is 4.74 Å². The summed E-state index contributed by atoms with van der Waals surface area (Å²) < 4.78 is 5.94. The lowest BCUT2D eigenvalue weighted by atomic mass is 10.0. The van der Waals surface area contributed by atoms with Gasteiger partial charge in [-0.3, -0.25) is 0 Å². The van der Waals surface area contributed by atoms with Crippen LogP contribution in [0.5, 0.6) is 5.75 Å². The van der Waals surface area contributed by atoms with E-state index in [-0.39, 0.29) is 0 Å². The molecule has 0 aliphatic carbocycles. The molecule has 19 heavy (non-hydrogen) atoms. The van der Waals surface area contributed by atoms with Crippen LogP contribution < -0.4 is 9.64 Å². The quantitative estimate of drug-likeness (QED) is 0.762. The minimum Gasteiger partial charge on any atom is -0.472 e. The summed E-state index contributed by atoms with van der Waals surface area (Å²) >= 11 is 0. The average molecular weight is 253 g/mol. The molecule has 0 saturated carbocycles.